The average Bonchev–Trinajstić information content (AvgIpc) is 3.11. The zero-order valence-corrected chi connectivity index (χ0v) is 13.6. The van der Waals surface area contributed by atoms with Crippen LogP contribution in [0.4, 0.5) is 11.8 Å². The van der Waals surface area contributed by atoms with Crippen molar-refractivity contribution in [3.63, 3.8) is 0 Å². The monoisotopic (exact) mass is 338 g/mol. The Morgan fingerprint density at radius 1 is 1.17 bits per heavy atom. The molecule has 0 amide bonds. The topological polar surface area (TPSA) is 88.9 Å². The standard InChI is InChI=1S/C16H14N6OS/c17-9-11-1-2-13(18-10-11)21-4-6-22(7-5-21)16-19-12-3-8-24-14(12)15(23)20-16/h1-3,8,10H,4-7H2,(H,19,20,23). The van der Waals surface area contributed by atoms with Gasteiger partial charge in [0.05, 0.1) is 11.1 Å². The molecule has 0 bridgehead atoms. The van der Waals surface area contributed by atoms with Crippen LogP contribution in [0.5, 0.6) is 0 Å². The van der Waals surface area contributed by atoms with E-state index in [0.717, 1.165) is 37.5 Å². The number of pyridine rings is 1. The third-order valence-corrected chi connectivity index (χ3v) is 4.98. The highest BCUT2D eigenvalue weighted by molar-refractivity contribution is 7.17. The number of aromatic amines is 1. The van der Waals surface area contributed by atoms with Gasteiger partial charge in [0, 0.05) is 32.4 Å². The first kappa shape index (κ1) is 14.7. The van der Waals surface area contributed by atoms with Crippen LogP contribution >= 0.6 is 11.3 Å². The maximum absolute atomic E-state index is 12.1. The minimum absolute atomic E-state index is 0.0822. The number of anilines is 2. The predicted molar refractivity (Wildman–Crippen MR) is 93.6 cm³/mol. The summed E-state index contributed by atoms with van der Waals surface area (Å²) in [4.78, 5) is 28.1. The fourth-order valence-electron chi connectivity index (χ4n) is 2.80. The van der Waals surface area contributed by atoms with Gasteiger partial charge >= 0.3 is 0 Å². The summed E-state index contributed by atoms with van der Waals surface area (Å²) in [5.41, 5.74) is 1.22. The SMILES string of the molecule is N#Cc1ccc(N2CCN(c3nc4ccsc4c(=O)[nH]3)CC2)nc1. The first-order chi connectivity index (χ1) is 11.7. The lowest BCUT2D eigenvalue weighted by Gasteiger charge is -2.35. The fourth-order valence-corrected chi connectivity index (χ4v) is 3.52. The summed E-state index contributed by atoms with van der Waals surface area (Å²) < 4.78 is 0.666. The minimum Gasteiger partial charge on any atom is -0.353 e. The van der Waals surface area contributed by atoms with Gasteiger partial charge in [0.15, 0.2) is 0 Å². The molecule has 0 aliphatic carbocycles. The van der Waals surface area contributed by atoms with Gasteiger partial charge in [-0.1, -0.05) is 0 Å². The number of thiophene rings is 1. The lowest BCUT2D eigenvalue weighted by Crippen LogP contribution is -2.47. The Morgan fingerprint density at radius 3 is 2.67 bits per heavy atom. The molecule has 8 heteroatoms. The van der Waals surface area contributed by atoms with Crippen LogP contribution in [0.2, 0.25) is 0 Å². The minimum atomic E-state index is -0.0822. The Balaban J connectivity index is 1.50. The van der Waals surface area contributed by atoms with Crippen LogP contribution in [-0.4, -0.2) is 41.1 Å². The summed E-state index contributed by atoms with van der Waals surface area (Å²) in [6, 6.07) is 7.59. The smallest absolute Gasteiger partial charge is 0.270 e. The van der Waals surface area contributed by atoms with Crippen molar-refractivity contribution in [1.29, 1.82) is 5.26 Å². The van der Waals surface area contributed by atoms with Gasteiger partial charge in [-0.25, -0.2) is 9.97 Å². The van der Waals surface area contributed by atoms with Gasteiger partial charge in [0.25, 0.3) is 5.56 Å². The summed E-state index contributed by atoms with van der Waals surface area (Å²) in [5, 5.41) is 10.7. The van der Waals surface area contributed by atoms with Gasteiger partial charge in [0.2, 0.25) is 5.95 Å². The van der Waals surface area contributed by atoms with Crippen molar-refractivity contribution in [2.75, 3.05) is 36.0 Å². The van der Waals surface area contributed by atoms with Crippen molar-refractivity contribution in [3.05, 3.63) is 45.7 Å². The Bertz CT molecular complexity index is 963. The van der Waals surface area contributed by atoms with Crippen LogP contribution in [0.25, 0.3) is 10.2 Å². The van der Waals surface area contributed by atoms with Gasteiger partial charge in [-0.15, -0.1) is 11.3 Å². The maximum Gasteiger partial charge on any atom is 0.270 e. The second-order valence-electron chi connectivity index (χ2n) is 5.52. The maximum atomic E-state index is 12.1. The quantitative estimate of drug-likeness (QED) is 0.763. The van der Waals surface area contributed by atoms with Crippen molar-refractivity contribution < 1.29 is 0 Å². The molecule has 1 N–H and O–H groups in total. The first-order valence-corrected chi connectivity index (χ1v) is 8.46. The third-order valence-electron chi connectivity index (χ3n) is 4.08. The zero-order chi connectivity index (χ0) is 16.5. The van der Waals surface area contributed by atoms with Crippen LogP contribution in [0, 0.1) is 11.3 Å². The molecule has 0 atom stereocenters. The highest BCUT2D eigenvalue weighted by Gasteiger charge is 2.20. The van der Waals surface area contributed by atoms with E-state index in [1.54, 1.807) is 12.3 Å². The largest absolute Gasteiger partial charge is 0.353 e. The third kappa shape index (κ3) is 2.59. The summed E-state index contributed by atoms with van der Waals surface area (Å²) in [5.74, 6) is 1.49. The summed E-state index contributed by atoms with van der Waals surface area (Å²) in [6.45, 7) is 3.06. The second-order valence-corrected chi connectivity index (χ2v) is 6.43. The van der Waals surface area contributed by atoms with E-state index in [4.69, 9.17) is 5.26 Å². The lowest BCUT2D eigenvalue weighted by atomic mass is 10.2. The predicted octanol–water partition coefficient (Wildman–Crippen LogP) is 1.58. The molecule has 0 spiro atoms. The zero-order valence-electron chi connectivity index (χ0n) is 12.8. The van der Waals surface area contributed by atoms with Gasteiger partial charge in [-0.3, -0.25) is 9.78 Å². The molecule has 3 aromatic heterocycles. The highest BCUT2D eigenvalue weighted by Crippen LogP contribution is 2.19. The molecule has 0 saturated carbocycles. The van der Waals surface area contributed by atoms with E-state index in [1.165, 1.54) is 11.3 Å². The van der Waals surface area contributed by atoms with Crippen molar-refractivity contribution in [2.45, 2.75) is 0 Å². The molecule has 1 fully saturated rings. The number of nitrogens with one attached hydrogen (secondary N) is 1. The van der Waals surface area contributed by atoms with E-state index >= 15 is 0 Å². The molecule has 1 aliphatic rings. The Hall–Kier alpha value is -2.92. The van der Waals surface area contributed by atoms with Gasteiger partial charge in [-0.05, 0) is 23.6 Å². The Morgan fingerprint density at radius 2 is 1.96 bits per heavy atom. The Labute approximate surface area is 141 Å². The molecule has 120 valence electrons. The molecule has 1 aliphatic heterocycles. The summed E-state index contributed by atoms with van der Waals surface area (Å²) in [6.07, 6.45) is 1.59. The number of hydrogen-bond acceptors (Lipinski definition) is 7. The number of nitriles is 1. The lowest BCUT2D eigenvalue weighted by molar-refractivity contribution is 0.635. The number of aromatic nitrogens is 3. The van der Waals surface area contributed by atoms with Crippen LogP contribution in [0.1, 0.15) is 5.56 Å². The van der Waals surface area contributed by atoms with Crippen LogP contribution < -0.4 is 15.4 Å². The molecular weight excluding hydrogens is 324 g/mol. The number of fused-ring (bicyclic) bond motifs is 1. The number of H-pyrrole nitrogens is 1. The van der Waals surface area contributed by atoms with E-state index in [-0.39, 0.29) is 5.56 Å². The molecule has 4 rings (SSSR count). The van der Waals surface area contributed by atoms with Crippen molar-refractivity contribution >= 4 is 33.3 Å². The van der Waals surface area contributed by atoms with E-state index in [0.29, 0.717) is 16.2 Å². The number of piperazine rings is 1. The molecule has 7 nitrogen and oxygen atoms in total. The number of rotatable bonds is 2. The van der Waals surface area contributed by atoms with Crippen molar-refractivity contribution in [1.82, 2.24) is 15.0 Å². The molecular formula is C16H14N6OS. The summed E-state index contributed by atoms with van der Waals surface area (Å²) in [7, 11) is 0. The van der Waals surface area contributed by atoms with Crippen molar-refractivity contribution in [3.8, 4) is 6.07 Å². The van der Waals surface area contributed by atoms with Crippen LogP contribution in [-0.2, 0) is 0 Å². The van der Waals surface area contributed by atoms with E-state index in [2.05, 4.69) is 30.8 Å². The van der Waals surface area contributed by atoms with Crippen LogP contribution in [0.15, 0.2) is 34.6 Å². The highest BCUT2D eigenvalue weighted by atomic mass is 32.1. The van der Waals surface area contributed by atoms with Crippen molar-refractivity contribution in [2.24, 2.45) is 0 Å². The number of hydrogen-bond donors (Lipinski definition) is 1. The molecule has 4 heterocycles. The van der Waals surface area contributed by atoms with E-state index in [9.17, 15) is 4.79 Å². The van der Waals surface area contributed by atoms with E-state index < -0.39 is 0 Å². The first-order valence-electron chi connectivity index (χ1n) is 7.58. The Kier molecular flexibility index (Phi) is 3.63. The molecule has 24 heavy (non-hydrogen) atoms. The molecule has 1 saturated heterocycles. The van der Waals surface area contributed by atoms with E-state index in [1.807, 2.05) is 17.5 Å². The molecule has 0 aromatic carbocycles. The van der Waals surface area contributed by atoms with Gasteiger partial charge in [0.1, 0.15) is 16.6 Å². The molecule has 0 unspecified atom stereocenters. The normalized spacial score (nSPS) is 14.8. The van der Waals surface area contributed by atoms with Gasteiger partial charge < -0.3 is 9.80 Å². The average molecular weight is 338 g/mol. The second kappa shape index (κ2) is 5.94. The van der Waals surface area contributed by atoms with Gasteiger partial charge in [-0.2, -0.15) is 5.26 Å². The van der Waals surface area contributed by atoms with Crippen LogP contribution in [0.3, 0.4) is 0 Å². The fraction of sp³-hybridized carbons (Fsp3) is 0.250. The molecule has 0 radical (unpaired) electrons. The molecule has 3 aromatic rings. The summed E-state index contributed by atoms with van der Waals surface area (Å²) >= 11 is 1.41. The number of nitrogens with zero attached hydrogens (tertiary/aromatic N) is 5.